The van der Waals surface area contributed by atoms with Crippen molar-refractivity contribution in [1.82, 2.24) is 4.31 Å². The van der Waals surface area contributed by atoms with Gasteiger partial charge in [0.25, 0.3) is 0 Å². The Labute approximate surface area is 86.9 Å². The lowest BCUT2D eigenvalue weighted by Crippen LogP contribution is -2.30. The van der Waals surface area contributed by atoms with Crippen LogP contribution < -0.4 is 0 Å². The van der Waals surface area contributed by atoms with Crippen LogP contribution in [0, 0.1) is 0 Å². The summed E-state index contributed by atoms with van der Waals surface area (Å²) < 4.78 is 11.3. The van der Waals surface area contributed by atoms with Gasteiger partial charge in [-0.1, -0.05) is 0 Å². The first kappa shape index (κ1) is 11.3. The zero-order valence-electron chi connectivity index (χ0n) is 8.02. The number of hydrogen-bond acceptors (Lipinski definition) is 6. The molecular formula is C8H13NO4S. The van der Waals surface area contributed by atoms with Gasteiger partial charge in [0.1, 0.15) is 6.61 Å². The van der Waals surface area contributed by atoms with Crippen molar-refractivity contribution in [3.63, 3.8) is 0 Å². The normalized spacial score (nSPS) is 17.6. The standard InChI is InChI=1S/C8H13NO4S/c1-2-12-7(10)3-4-9-5-6-13-8(11)14-9/h2-6H2,1H3. The zero-order chi connectivity index (χ0) is 10.4. The maximum atomic E-state index is 11.0. The van der Waals surface area contributed by atoms with Crippen molar-refractivity contribution >= 4 is 23.2 Å². The molecule has 0 spiro atoms. The van der Waals surface area contributed by atoms with E-state index in [1.807, 2.05) is 4.31 Å². The van der Waals surface area contributed by atoms with Gasteiger partial charge >= 0.3 is 11.3 Å². The van der Waals surface area contributed by atoms with Gasteiger partial charge < -0.3 is 9.47 Å². The molecule has 1 saturated heterocycles. The fourth-order valence-electron chi connectivity index (χ4n) is 1.01. The lowest BCUT2D eigenvalue weighted by molar-refractivity contribution is -0.143. The molecule has 6 heteroatoms. The van der Waals surface area contributed by atoms with Gasteiger partial charge in [-0.2, -0.15) is 0 Å². The third-order valence-electron chi connectivity index (χ3n) is 1.63. The number of carbonyl (C=O) groups is 2. The van der Waals surface area contributed by atoms with E-state index < -0.39 is 0 Å². The van der Waals surface area contributed by atoms with Gasteiger partial charge in [0.2, 0.25) is 0 Å². The van der Waals surface area contributed by atoms with E-state index in [1.165, 1.54) is 0 Å². The summed E-state index contributed by atoms with van der Waals surface area (Å²) in [4.78, 5) is 21.8. The Balaban J connectivity index is 2.17. The largest absolute Gasteiger partial charge is 0.466 e. The Morgan fingerprint density at radius 2 is 2.50 bits per heavy atom. The minimum atomic E-state index is -0.305. The first-order chi connectivity index (χ1) is 6.72. The molecule has 0 aromatic rings. The fourth-order valence-corrected chi connectivity index (χ4v) is 1.71. The molecule has 0 unspecified atom stereocenters. The average molecular weight is 219 g/mol. The predicted octanol–water partition coefficient (Wildman–Crippen LogP) is 1.04. The summed E-state index contributed by atoms with van der Waals surface area (Å²) in [5.74, 6) is -0.230. The Kier molecular flexibility index (Phi) is 4.75. The van der Waals surface area contributed by atoms with Crippen LogP contribution in [-0.2, 0) is 14.3 Å². The van der Waals surface area contributed by atoms with Crippen molar-refractivity contribution in [2.24, 2.45) is 0 Å². The summed E-state index contributed by atoms with van der Waals surface area (Å²) in [6, 6.07) is 0. The molecular weight excluding hydrogens is 206 g/mol. The second-order valence-corrected chi connectivity index (χ2v) is 3.71. The first-order valence-corrected chi connectivity index (χ1v) is 5.25. The summed E-state index contributed by atoms with van der Waals surface area (Å²) in [6.07, 6.45) is 0.314. The van der Waals surface area contributed by atoms with E-state index in [1.54, 1.807) is 6.92 Å². The van der Waals surface area contributed by atoms with Crippen LogP contribution in [0.4, 0.5) is 4.79 Å². The summed E-state index contributed by atoms with van der Waals surface area (Å²) in [6.45, 7) is 3.75. The van der Waals surface area contributed by atoms with Crippen molar-refractivity contribution in [3.05, 3.63) is 0 Å². The maximum Gasteiger partial charge on any atom is 0.382 e. The number of cyclic esters (lactones) is 1. The molecule has 0 atom stereocenters. The number of hydrogen-bond donors (Lipinski definition) is 0. The van der Waals surface area contributed by atoms with Gasteiger partial charge in [0.15, 0.2) is 0 Å². The van der Waals surface area contributed by atoms with Crippen LogP contribution in [0.15, 0.2) is 0 Å². The summed E-state index contributed by atoms with van der Waals surface area (Å²) in [7, 11) is 0. The topological polar surface area (TPSA) is 55.8 Å². The lowest BCUT2D eigenvalue weighted by atomic mass is 10.4. The Morgan fingerprint density at radius 1 is 1.71 bits per heavy atom. The molecule has 0 N–H and O–H groups in total. The van der Waals surface area contributed by atoms with Gasteiger partial charge in [0.05, 0.1) is 13.0 Å². The highest BCUT2D eigenvalue weighted by Crippen LogP contribution is 2.17. The van der Waals surface area contributed by atoms with Crippen LogP contribution in [0.5, 0.6) is 0 Å². The minimum absolute atomic E-state index is 0.230. The van der Waals surface area contributed by atoms with Crippen molar-refractivity contribution in [1.29, 1.82) is 0 Å². The number of ether oxygens (including phenoxy) is 2. The third-order valence-corrected chi connectivity index (χ3v) is 2.53. The van der Waals surface area contributed by atoms with E-state index in [4.69, 9.17) is 9.47 Å². The van der Waals surface area contributed by atoms with Gasteiger partial charge in [-0.05, 0) is 6.92 Å². The van der Waals surface area contributed by atoms with Gasteiger partial charge in [-0.15, -0.1) is 0 Å². The van der Waals surface area contributed by atoms with Crippen molar-refractivity contribution < 1.29 is 19.1 Å². The number of carbonyl (C=O) groups excluding carboxylic acids is 2. The van der Waals surface area contributed by atoms with E-state index in [2.05, 4.69) is 0 Å². The third kappa shape index (κ3) is 3.97. The Bertz CT molecular complexity index is 221. The van der Waals surface area contributed by atoms with Gasteiger partial charge in [-0.3, -0.25) is 4.79 Å². The first-order valence-electron chi connectivity index (χ1n) is 4.47. The van der Waals surface area contributed by atoms with E-state index in [0.29, 0.717) is 32.7 Å². The molecule has 0 aliphatic carbocycles. The molecule has 1 heterocycles. The highest BCUT2D eigenvalue weighted by molar-refractivity contribution is 8.11. The van der Waals surface area contributed by atoms with E-state index in [-0.39, 0.29) is 11.3 Å². The Morgan fingerprint density at radius 3 is 3.14 bits per heavy atom. The lowest BCUT2D eigenvalue weighted by Gasteiger charge is -2.23. The molecule has 1 fully saturated rings. The summed E-state index contributed by atoms with van der Waals surface area (Å²) in [5, 5.41) is -0.305. The molecule has 0 amide bonds. The molecule has 0 bridgehead atoms. The highest BCUT2D eigenvalue weighted by Gasteiger charge is 2.19. The Hall–Kier alpha value is -0.750. The predicted molar refractivity (Wildman–Crippen MR) is 51.8 cm³/mol. The molecule has 0 radical (unpaired) electrons. The second kappa shape index (κ2) is 5.87. The fraction of sp³-hybridized carbons (Fsp3) is 0.750. The molecule has 80 valence electrons. The molecule has 0 aromatic heterocycles. The van der Waals surface area contributed by atoms with Gasteiger partial charge in [0, 0.05) is 25.0 Å². The maximum absolute atomic E-state index is 11.0. The molecule has 5 nitrogen and oxygen atoms in total. The summed E-state index contributed by atoms with van der Waals surface area (Å²) >= 11 is 1.01. The smallest absolute Gasteiger partial charge is 0.382 e. The zero-order valence-corrected chi connectivity index (χ0v) is 8.84. The molecule has 0 saturated carbocycles. The molecule has 1 rings (SSSR count). The number of rotatable bonds is 4. The summed E-state index contributed by atoms with van der Waals surface area (Å²) in [5.41, 5.74) is 0. The van der Waals surface area contributed by atoms with Crippen molar-refractivity contribution in [2.45, 2.75) is 13.3 Å². The van der Waals surface area contributed by atoms with Crippen molar-refractivity contribution in [3.8, 4) is 0 Å². The van der Waals surface area contributed by atoms with Crippen LogP contribution in [0.25, 0.3) is 0 Å². The monoisotopic (exact) mass is 219 g/mol. The van der Waals surface area contributed by atoms with Crippen LogP contribution in [0.1, 0.15) is 13.3 Å². The van der Waals surface area contributed by atoms with Gasteiger partial charge in [-0.25, -0.2) is 9.10 Å². The molecule has 14 heavy (non-hydrogen) atoms. The van der Waals surface area contributed by atoms with Crippen LogP contribution in [0.3, 0.4) is 0 Å². The van der Waals surface area contributed by atoms with E-state index >= 15 is 0 Å². The number of esters is 1. The van der Waals surface area contributed by atoms with Crippen LogP contribution in [-0.4, -0.2) is 41.9 Å². The molecule has 1 aliphatic heterocycles. The van der Waals surface area contributed by atoms with E-state index in [0.717, 1.165) is 11.9 Å². The molecule has 1 aliphatic rings. The second-order valence-electron chi connectivity index (χ2n) is 2.67. The molecule has 0 aromatic carbocycles. The number of nitrogens with zero attached hydrogens (tertiary/aromatic N) is 1. The SMILES string of the molecule is CCOC(=O)CCN1CCOC(=O)S1. The quantitative estimate of drug-likeness (QED) is 0.520. The van der Waals surface area contributed by atoms with Crippen LogP contribution in [0.2, 0.25) is 0 Å². The van der Waals surface area contributed by atoms with Crippen LogP contribution >= 0.6 is 11.9 Å². The minimum Gasteiger partial charge on any atom is -0.466 e. The average Bonchev–Trinajstić information content (AvgIpc) is 2.15. The van der Waals surface area contributed by atoms with E-state index in [9.17, 15) is 9.59 Å². The highest BCUT2D eigenvalue weighted by atomic mass is 32.2. The van der Waals surface area contributed by atoms with Crippen molar-refractivity contribution in [2.75, 3.05) is 26.3 Å².